The fourth-order valence-corrected chi connectivity index (χ4v) is 1.51. The van der Waals surface area contributed by atoms with Gasteiger partial charge in [0.25, 0.3) is 0 Å². The molecular formula is C11H10FN3O3. The first-order valence-corrected chi connectivity index (χ1v) is 5.14. The van der Waals surface area contributed by atoms with E-state index in [2.05, 4.69) is 10.3 Å². The molecule has 2 N–H and O–H groups in total. The standard InChI is InChI=1S/C11H10FN3O3/c12-8-4-2-1-3-7(8)10(16)6-15-5-9(11(17)18)13-14-15/h1-5,10,16H,6H2,(H,17,18). The number of rotatable bonds is 4. The van der Waals surface area contributed by atoms with Crippen LogP contribution in [0.3, 0.4) is 0 Å². The van der Waals surface area contributed by atoms with Crippen LogP contribution in [0.25, 0.3) is 0 Å². The van der Waals surface area contributed by atoms with E-state index in [0.717, 1.165) is 4.68 Å². The van der Waals surface area contributed by atoms with E-state index >= 15 is 0 Å². The molecule has 0 aliphatic carbocycles. The third-order valence-corrected chi connectivity index (χ3v) is 2.38. The van der Waals surface area contributed by atoms with Crippen molar-refractivity contribution in [1.29, 1.82) is 0 Å². The van der Waals surface area contributed by atoms with Crippen molar-refractivity contribution in [2.75, 3.05) is 0 Å². The van der Waals surface area contributed by atoms with Crippen LogP contribution in [0, 0.1) is 5.82 Å². The van der Waals surface area contributed by atoms with E-state index in [9.17, 15) is 14.3 Å². The smallest absolute Gasteiger partial charge is 0.358 e. The Morgan fingerprint density at radius 2 is 2.17 bits per heavy atom. The SMILES string of the molecule is O=C(O)c1cn(CC(O)c2ccccc2F)nn1. The van der Waals surface area contributed by atoms with Gasteiger partial charge in [-0.1, -0.05) is 23.4 Å². The molecule has 0 spiro atoms. The van der Waals surface area contributed by atoms with Gasteiger partial charge in [-0.05, 0) is 6.07 Å². The summed E-state index contributed by atoms with van der Waals surface area (Å²) in [4.78, 5) is 10.6. The summed E-state index contributed by atoms with van der Waals surface area (Å²) in [5, 5.41) is 25.4. The highest BCUT2D eigenvalue weighted by atomic mass is 19.1. The molecular weight excluding hydrogens is 241 g/mol. The zero-order valence-electron chi connectivity index (χ0n) is 9.19. The van der Waals surface area contributed by atoms with Crippen molar-refractivity contribution in [3.05, 3.63) is 47.5 Å². The minimum atomic E-state index is -1.21. The predicted molar refractivity (Wildman–Crippen MR) is 58.3 cm³/mol. The highest BCUT2D eigenvalue weighted by molar-refractivity contribution is 5.84. The summed E-state index contributed by atoms with van der Waals surface area (Å²) >= 11 is 0. The molecule has 0 bridgehead atoms. The highest BCUT2D eigenvalue weighted by Crippen LogP contribution is 2.17. The van der Waals surface area contributed by atoms with Crippen molar-refractivity contribution in [2.24, 2.45) is 0 Å². The van der Waals surface area contributed by atoms with Crippen molar-refractivity contribution in [3.8, 4) is 0 Å². The lowest BCUT2D eigenvalue weighted by molar-refractivity contribution is 0.0690. The Labute approximate surface area is 101 Å². The van der Waals surface area contributed by atoms with Crippen LogP contribution in [0.4, 0.5) is 4.39 Å². The molecule has 18 heavy (non-hydrogen) atoms. The highest BCUT2D eigenvalue weighted by Gasteiger charge is 2.15. The van der Waals surface area contributed by atoms with Gasteiger partial charge in [-0.3, -0.25) is 0 Å². The summed E-state index contributed by atoms with van der Waals surface area (Å²) in [7, 11) is 0. The molecule has 0 saturated carbocycles. The Morgan fingerprint density at radius 1 is 1.44 bits per heavy atom. The van der Waals surface area contributed by atoms with Gasteiger partial charge in [-0.15, -0.1) is 5.10 Å². The maximum absolute atomic E-state index is 13.4. The molecule has 1 atom stereocenters. The molecule has 0 fully saturated rings. The summed E-state index contributed by atoms with van der Waals surface area (Å²) in [5.74, 6) is -1.73. The second-order valence-electron chi connectivity index (χ2n) is 3.67. The van der Waals surface area contributed by atoms with Gasteiger partial charge in [0.1, 0.15) is 11.9 Å². The van der Waals surface area contributed by atoms with Crippen LogP contribution in [0.5, 0.6) is 0 Å². The van der Waals surface area contributed by atoms with Gasteiger partial charge in [0.15, 0.2) is 5.69 Å². The first kappa shape index (κ1) is 12.2. The minimum Gasteiger partial charge on any atom is -0.476 e. The van der Waals surface area contributed by atoms with Crippen LogP contribution in [0.2, 0.25) is 0 Å². The lowest BCUT2D eigenvalue weighted by Crippen LogP contribution is -2.10. The molecule has 1 aromatic carbocycles. The van der Waals surface area contributed by atoms with Crippen LogP contribution >= 0.6 is 0 Å². The molecule has 2 aromatic rings. The number of carboxylic acids is 1. The first-order valence-electron chi connectivity index (χ1n) is 5.14. The van der Waals surface area contributed by atoms with Crippen molar-refractivity contribution >= 4 is 5.97 Å². The van der Waals surface area contributed by atoms with Crippen LogP contribution in [-0.4, -0.2) is 31.2 Å². The number of halogens is 1. The Hall–Kier alpha value is -2.28. The molecule has 0 aliphatic heterocycles. The summed E-state index contributed by atoms with van der Waals surface area (Å²) in [6, 6.07) is 5.81. The average Bonchev–Trinajstić information content (AvgIpc) is 2.78. The molecule has 1 heterocycles. The topological polar surface area (TPSA) is 88.2 Å². The first-order chi connectivity index (χ1) is 8.58. The van der Waals surface area contributed by atoms with E-state index in [1.165, 1.54) is 24.4 Å². The zero-order chi connectivity index (χ0) is 13.1. The second kappa shape index (κ2) is 4.92. The van der Waals surface area contributed by atoms with Crippen molar-refractivity contribution in [3.63, 3.8) is 0 Å². The Morgan fingerprint density at radius 3 is 2.78 bits per heavy atom. The second-order valence-corrected chi connectivity index (χ2v) is 3.67. The van der Waals surface area contributed by atoms with Gasteiger partial charge in [0.2, 0.25) is 0 Å². The normalized spacial score (nSPS) is 12.3. The number of hydrogen-bond acceptors (Lipinski definition) is 4. The Bertz CT molecular complexity index is 570. The zero-order valence-corrected chi connectivity index (χ0v) is 9.19. The molecule has 94 valence electrons. The summed E-state index contributed by atoms with van der Waals surface area (Å²) in [6.07, 6.45) is 0.0569. The lowest BCUT2D eigenvalue weighted by Gasteiger charge is -2.11. The average molecular weight is 251 g/mol. The van der Waals surface area contributed by atoms with E-state index in [4.69, 9.17) is 5.11 Å². The van der Waals surface area contributed by atoms with Crippen molar-refractivity contribution < 1.29 is 19.4 Å². The number of aliphatic hydroxyl groups excluding tert-OH is 1. The lowest BCUT2D eigenvalue weighted by atomic mass is 10.1. The predicted octanol–water partition coefficient (Wildman–Crippen LogP) is 0.849. The molecule has 0 aliphatic rings. The molecule has 0 saturated heterocycles. The summed E-state index contributed by atoms with van der Waals surface area (Å²) in [5.41, 5.74) is -0.0967. The van der Waals surface area contributed by atoms with E-state index in [1.54, 1.807) is 6.07 Å². The van der Waals surface area contributed by atoms with Crippen LogP contribution in [0.15, 0.2) is 30.5 Å². The van der Waals surface area contributed by atoms with Crippen molar-refractivity contribution in [2.45, 2.75) is 12.6 Å². The molecule has 0 amide bonds. The van der Waals surface area contributed by atoms with Crippen LogP contribution < -0.4 is 0 Å². The summed E-state index contributed by atoms with van der Waals surface area (Å²) < 4.78 is 14.5. The number of carbonyl (C=O) groups is 1. The van der Waals surface area contributed by atoms with Gasteiger partial charge in [-0.2, -0.15) is 0 Å². The van der Waals surface area contributed by atoms with Gasteiger partial charge in [0.05, 0.1) is 12.7 Å². The number of benzene rings is 1. The number of aromatic nitrogens is 3. The van der Waals surface area contributed by atoms with Gasteiger partial charge in [0, 0.05) is 5.56 Å². The third-order valence-electron chi connectivity index (χ3n) is 2.38. The number of aromatic carboxylic acids is 1. The van der Waals surface area contributed by atoms with E-state index < -0.39 is 17.9 Å². The molecule has 1 unspecified atom stereocenters. The van der Waals surface area contributed by atoms with Crippen molar-refractivity contribution in [1.82, 2.24) is 15.0 Å². The van der Waals surface area contributed by atoms with Gasteiger partial charge >= 0.3 is 5.97 Å². The van der Waals surface area contributed by atoms with Crippen LogP contribution in [0.1, 0.15) is 22.2 Å². The largest absolute Gasteiger partial charge is 0.476 e. The monoisotopic (exact) mass is 251 g/mol. The molecule has 2 rings (SSSR count). The Balaban J connectivity index is 2.13. The molecule has 0 radical (unpaired) electrons. The third kappa shape index (κ3) is 2.51. The molecule has 6 nitrogen and oxygen atoms in total. The molecule has 7 heteroatoms. The fraction of sp³-hybridized carbons (Fsp3) is 0.182. The van der Waals surface area contributed by atoms with Crippen LogP contribution in [-0.2, 0) is 6.54 Å². The van der Waals surface area contributed by atoms with E-state index in [0.29, 0.717) is 0 Å². The number of hydrogen-bond donors (Lipinski definition) is 2. The number of aliphatic hydroxyl groups is 1. The van der Waals surface area contributed by atoms with Gasteiger partial charge < -0.3 is 10.2 Å². The quantitative estimate of drug-likeness (QED) is 0.841. The molecule has 1 aromatic heterocycles. The van der Waals surface area contributed by atoms with E-state index in [-0.39, 0.29) is 17.8 Å². The van der Waals surface area contributed by atoms with E-state index in [1.807, 2.05) is 0 Å². The summed E-state index contributed by atoms with van der Waals surface area (Å²) in [6.45, 7) is -0.0682. The fourth-order valence-electron chi connectivity index (χ4n) is 1.51. The maximum Gasteiger partial charge on any atom is 0.358 e. The van der Waals surface area contributed by atoms with Gasteiger partial charge in [-0.25, -0.2) is 13.9 Å². The number of nitrogens with zero attached hydrogens (tertiary/aromatic N) is 3. The maximum atomic E-state index is 13.4. The minimum absolute atomic E-state index is 0.0682. The Kier molecular flexibility index (Phi) is 3.33. The number of carboxylic acid groups (broad SMARTS) is 1.